The van der Waals surface area contributed by atoms with E-state index in [2.05, 4.69) is 15.3 Å². The minimum Gasteiger partial charge on any atom is -0.452 e. The minimum atomic E-state index is -0.903. The van der Waals surface area contributed by atoms with E-state index in [1.165, 1.54) is 28.7 Å². The third kappa shape index (κ3) is 8.70. The Morgan fingerprint density at radius 3 is 2.64 bits per heavy atom. The number of H-pyrrole nitrogens is 1. The topological polar surface area (TPSA) is 136 Å². The van der Waals surface area contributed by atoms with Crippen molar-refractivity contribution in [2.45, 2.75) is 31.8 Å². The molecule has 0 saturated heterocycles. The monoisotopic (exact) mass is 621 g/mol. The van der Waals surface area contributed by atoms with Crippen molar-refractivity contribution in [2.24, 2.45) is 0 Å². The fourth-order valence-corrected chi connectivity index (χ4v) is 4.49. The average Bonchev–Trinajstić information content (AvgIpc) is 3.41. The summed E-state index contributed by atoms with van der Waals surface area (Å²) < 4.78 is 39.4. The fourth-order valence-electron chi connectivity index (χ4n) is 4.49. The molecule has 0 spiro atoms. The Bertz CT molecular complexity index is 1780. The molecule has 0 aliphatic carbocycles. The maximum Gasteiger partial charge on any atom is 0.254 e. The number of para-hydroxylation sites is 1. The summed E-state index contributed by atoms with van der Waals surface area (Å²) >= 11 is 0. The molecule has 13 heteroatoms. The zero-order valence-corrected chi connectivity index (χ0v) is 25.0. The number of carbonyl (C=O) groups is 3. The van der Waals surface area contributed by atoms with Crippen LogP contribution in [0, 0.1) is 11.6 Å². The minimum absolute atomic E-state index is 0.0264. The summed E-state index contributed by atoms with van der Waals surface area (Å²) in [5, 5.41) is 2.65. The van der Waals surface area contributed by atoms with Crippen LogP contribution in [0.15, 0.2) is 71.7 Å². The van der Waals surface area contributed by atoms with Gasteiger partial charge in [-0.1, -0.05) is 18.2 Å². The van der Waals surface area contributed by atoms with E-state index < -0.39 is 29.1 Å². The molecule has 2 amide bonds. The van der Waals surface area contributed by atoms with E-state index in [9.17, 15) is 28.0 Å². The van der Waals surface area contributed by atoms with Crippen LogP contribution in [0.3, 0.4) is 0 Å². The quantitative estimate of drug-likeness (QED) is 0.206. The lowest BCUT2D eigenvalue weighted by molar-refractivity contribution is -0.130. The van der Waals surface area contributed by atoms with Crippen LogP contribution >= 0.6 is 0 Å². The number of allylic oxidation sites excluding steroid dienone is 1. The van der Waals surface area contributed by atoms with Crippen LogP contribution < -0.4 is 15.6 Å². The molecule has 2 aromatic heterocycles. The largest absolute Gasteiger partial charge is 0.452 e. The number of carbonyl (C=O) groups excluding carboxylic acids is 3. The van der Waals surface area contributed by atoms with Crippen molar-refractivity contribution in [3.63, 3.8) is 0 Å². The number of hydrogen-bond donors (Lipinski definition) is 2. The second-order valence-corrected chi connectivity index (χ2v) is 10.4. The lowest BCUT2D eigenvalue weighted by atomic mass is 10.0. The maximum atomic E-state index is 14.2. The van der Waals surface area contributed by atoms with Crippen molar-refractivity contribution in [3.05, 3.63) is 100 Å². The average molecular weight is 622 g/mol. The molecule has 0 saturated carbocycles. The van der Waals surface area contributed by atoms with Crippen LogP contribution in [-0.2, 0) is 32.1 Å². The van der Waals surface area contributed by atoms with Gasteiger partial charge in [-0.25, -0.2) is 13.8 Å². The zero-order chi connectivity index (χ0) is 32.5. The molecule has 0 fully saturated rings. The molecule has 11 nitrogen and oxygen atoms in total. The molecule has 236 valence electrons. The summed E-state index contributed by atoms with van der Waals surface area (Å²) in [6, 6.07) is 10.3. The highest BCUT2D eigenvalue weighted by molar-refractivity contribution is 5.91. The van der Waals surface area contributed by atoms with Gasteiger partial charge >= 0.3 is 0 Å². The van der Waals surface area contributed by atoms with Gasteiger partial charge in [0.25, 0.3) is 5.56 Å². The number of rotatable bonds is 14. The first kappa shape index (κ1) is 32.7. The van der Waals surface area contributed by atoms with Crippen LogP contribution in [-0.4, -0.2) is 70.9 Å². The molecule has 45 heavy (non-hydrogen) atoms. The van der Waals surface area contributed by atoms with E-state index in [4.69, 9.17) is 9.47 Å². The molecule has 4 rings (SSSR count). The second-order valence-electron chi connectivity index (χ2n) is 10.4. The van der Waals surface area contributed by atoms with Gasteiger partial charge in [0.1, 0.15) is 23.8 Å². The lowest BCUT2D eigenvalue weighted by Crippen LogP contribution is -2.43. The molecule has 0 aliphatic heterocycles. The smallest absolute Gasteiger partial charge is 0.254 e. The highest BCUT2D eigenvalue weighted by Gasteiger charge is 2.22. The number of ether oxygens (including phenoxy) is 2. The van der Waals surface area contributed by atoms with Gasteiger partial charge in [-0.2, -0.15) is 0 Å². The molecule has 2 heterocycles. The number of hydrogen-bond acceptors (Lipinski definition) is 7. The summed E-state index contributed by atoms with van der Waals surface area (Å²) in [6.45, 7) is -0.210. The molecule has 0 radical (unpaired) electrons. The van der Waals surface area contributed by atoms with Crippen molar-refractivity contribution < 1.29 is 32.6 Å². The van der Waals surface area contributed by atoms with Crippen molar-refractivity contribution in [1.29, 1.82) is 0 Å². The van der Waals surface area contributed by atoms with Crippen LogP contribution in [0.25, 0.3) is 11.0 Å². The lowest BCUT2D eigenvalue weighted by Gasteiger charge is -2.17. The fraction of sp³-hybridized carbons (Fsp3) is 0.281. The first-order valence-corrected chi connectivity index (χ1v) is 14.0. The zero-order valence-electron chi connectivity index (χ0n) is 25.0. The predicted molar refractivity (Wildman–Crippen MR) is 162 cm³/mol. The third-order valence-corrected chi connectivity index (χ3v) is 6.74. The standard InChI is InChI=1S/C32H33F2N5O6/c1-38(2)30(42)12-5-4-9-23(36-29(41)19-44-3)25(40)16-20-8-7-15-39(32(20)43)18-28-35-24-10-6-11-27(31(24)37-28)45-26-14-13-21(33)17-22(26)34/h5-8,10-15,17,23H,4,9,16,18-19H2,1-3H3,(H,35,37)(H,36,41)/b12-5+/t23-/m0/s1. The Morgan fingerprint density at radius 1 is 1.11 bits per heavy atom. The molecule has 2 aromatic carbocycles. The molecular formula is C32H33F2N5O6. The number of ketones is 1. The molecule has 4 aromatic rings. The molecular weight excluding hydrogens is 588 g/mol. The number of amides is 2. The van der Waals surface area contributed by atoms with E-state index in [-0.39, 0.29) is 54.7 Å². The van der Waals surface area contributed by atoms with Gasteiger partial charge in [-0.05, 0) is 49.2 Å². The summed E-state index contributed by atoms with van der Waals surface area (Å²) in [5.41, 5.74) is 0.750. The van der Waals surface area contributed by atoms with Crippen LogP contribution in [0.2, 0.25) is 0 Å². The maximum absolute atomic E-state index is 14.2. The number of nitrogens with one attached hydrogen (secondary N) is 2. The first-order valence-electron chi connectivity index (χ1n) is 14.0. The number of pyridine rings is 1. The van der Waals surface area contributed by atoms with Crippen molar-refractivity contribution in [3.8, 4) is 11.5 Å². The SMILES string of the molecule is COCC(=O)N[C@@H](CC/C=C/C(=O)N(C)C)C(=O)Cc1cccn(Cc2nc3c(Oc4ccc(F)cc4F)cccc3[nH]2)c1=O. The number of Topliss-reactive ketones (excluding diaryl/α,β-unsaturated/α-hetero) is 1. The first-order chi connectivity index (χ1) is 21.5. The Morgan fingerprint density at radius 2 is 1.91 bits per heavy atom. The summed E-state index contributed by atoms with van der Waals surface area (Å²) in [7, 11) is 4.60. The van der Waals surface area contributed by atoms with Crippen molar-refractivity contribution >= 4 is 28.6 Å². The predicted octanol–water partition coefficient (Wildman–Crippen LogP) is 3.51. The Hall–Kier alpha value is -5.17. The highest BCUT2D eigenvalue weighted by atomic mass is 19.1. The van der Waals surface area contributed by atoms with Gasteiger partial charge in [0, 0.05) is 45.5 Å². The number of aromatic nitrogens is 3. The molecule has 0 unspecified atom stereocenters. The number of nitrogens with zero attached hydrogens (tertiary/aromatic N) is 3. The van der Waals surface area contributed by atoms with Gasteiger partial charge in [0.15, 0.2) is 23.1 Å². The van der Waals surface area contributed by atoms with Gasteiger partial charge in [-0.3, -0.25) is 19.2 Å². The van der Waals surface area contributed by atoms with E-state index >= 15 is 0 Å². The normalized spacial score (nSPS) is 11.9. The Balaban J connectivity index is 1.50. The number of methoxy groups -OCH3 is 1. The summed E-state index contributed by atoms with van der Waals surface area (Å²) in [6.07, 6.45) is 4.90. The number of imidazole rings is 1. The van der Waals surface area contributed by atoms with E-state index in [0.717, 1.165) is 12.1 Å². The van der Waals surface area contributed by atoms with Crippen LogP contribution in [0.1, 0.15) is 24.2 Å². The van der Waals surface area contributed by atoms with E-state index in [0.29, 0.717) is 23.3 Å². The van der Waals surface area contributed by atoms with Crippen LogP contribution in [0.5, 0.6) is 11.5 Å². The Labute approximate surface area is 257 Å². The van der Waals surface area contributed by atoms with Crippen molar-refractivity contribution in [1.82, 2.24) is 24.8 Å². The summed E-state index contributed by atoms with van der Waals surface area (Å²) in [4.78, 5) is 59.7. The number of aromatic amines is 1. The number of halogens is 2. The third-order valence-electron chi connectivity index (χ3n) is 6.74. The Kier molecular flexibility index (Phi) is 10.9. The van der Waals surface area contributed by atoms with Gasteiger partial charge in [-0.15, -0.1) is 0 Å². The van der Waals surface area contributed by atoms with E-state index in [1.54, 1.807) is 56.7 Å². The van der Waals surface area contributed by atoms with Gasteiger partial charge < -0.3 is 29.2 Å². The number of fused-ring (bicyclic) bond motifs is 1. The molecule has 2 N–H and O–H groups in total. The van der Waals surface area contributed by atoms with Gasteiger partial charge in [0.05, 0.1) is 18.1 Å². The summed E-state index contributed by atoms with van der Waals surface area (Å²) in [5.74, 6) is -2.20. The highest BCUT2D eigenvalue weighted by Crippen LogP contribution is 2.30. The second kappa shape index (κ2) is 15.0. The number of benzene rings is 2. The molecule has 1 atom stereocenters. The van der Waals surface area contributed by atoms with Crippen LogP contribution in [0.4, 0.5) is 8.78 Å². The molecule has 0 aliphatic rings. The molecule has 0 bridgehead atoms. The van der Waals surface area contributed by atoms with Gasteiger partial charge in [0.2, 0.25) is 11.8 Å². The van der Waals surface area contributed by atoms with Crippen molar-refractivity contribution in [2.75, 3.05) is 27.8 Å². The number of likely N-dealkylation sites (N-methyl/N-ethyl adjacent to an activating group) is 1. The van der Waals surface area contributed by atoms with E-state index in [1.807, 2.05) is 0 Å².